The van der Waals surface area contributed by atoms with E-state index in [9.17, 15) is 23.3 Å². The van der Waals surface area contributed by atoms with Crippen LogP contribution in [0.4, 0.5) is 11.4 Å². The summed E-state index contributed by atoms with van der Waals surface area (Å²) in [6.45, 7) is 6.80. The number of sulfonamides is 1. The monoisotopic (exact) mass is 432 g/mol. The van der Waals surface area contributed by atoms with E-state index < -0.39 is 33.1 Å². The van der Waals surface area contributed by atoms with Crippen LogP contribution in [0.3, 0.4) is 0 Å². The van der Waals surface area contributed by atoms with E-state index in [1.54, 1.807) is 13.0 Å². The summed E-state index contributed by atoms with van der Waals surface area (Å²) in [5.74, 6) is -0.726. The molecular formula is C20H24N4O5S. The largest absolute Gasteiger partial charge is 0.293 e. The summed E-state index contributed by atoms with van der Waals surface area (Å²) in [7, 11) is -4.25. The molecular weight excluding hydrogens is 408 g/mol. The van der Waals surface area contributed by atoms with E-state index in [1.807, 2.05) is 20.8 Å². The predicted molar refractivity (Wildman–Crippen MR) is 115 cm³/mol. The van der Waals surface area contributed by atoms with E-state index in [1.165, 1.54) is 48.5 Å². The fraction of sp³-hybridized carbons (Fsp3) is 0.300. The van der Waals surface area contributed by atoms with Crippen LogP contribution in [0.1, 0.15) is 27.7 Å². The number of hydrogen-bond donors (Lipinski definition) is 1. The van der Waals surface area contributed by atoms with Gasteiger partial charge in [-0.25, -0.2) is 18.1 Å². The zero-order chi connectivity index (χ0) is 22.5. The van der Waals surface area contributed by atoms with Crippen molar-refractivity contribution in [1.29, 1.82) is 0 Å². The highest BCUT2D eigenvalue weighted by atomic mass is 32.2. The van der Waals surface area contributed by atoms with Crippen LogP contribution in [-0.4, -0.2) is 31.5 Å². The molecule has 2 aromatic carbocycles. The lowest BCUT2D eigenvalue weighted by Gasteiger charge is -2.23. The number of carbonyl (C=O) groups is 1. The van der Waals surface area contributed by atoms with E-state index in [4.69, 9.17) is 0 Å². The highest BCUT2D eigenvalue weighted by Gasteiger charge is 2.32. The number of nitrogens with zero attached hydrogens (tertiary/aromatic N) is 3. The predicted octanol–water partition coefficient (Wildman–Crippen LogP) is 3.33. The Hall–Kier alpha value is -3.27. The Morgan fingerprint density at radius 3 is 2.23 bits per heavy atom. The first-order valence-corrected chi connectivity index (χ1v) is 10.5. The molecule has 0 unspecified atom stereocenters. The van der Waals surface area contributed by atoms with Gasteiger partial charge in [0.1, 0.15) is 12.2 Å². The minimum Gasteiger partial charge on any atom is -0.271 e. The van der Waals surface area contributed by atoms with Gasteiger partial charge in [-0.2, -0.15) is 5.10 Å². The van der Waals surface area contributed by atoms with Crippen molar-refractivity contribution in [2.45, 2.75) is 32.6 Å². The number of hydrazone groups is 1. The molecule has 0 aromatic heterocycles. The van der Waals surface area contributed by atoms with Crippen LogP contribution in [0.25, 0.3) is 0 Å². The van der Waals surface area contributed by atoms with Gasteiger partial charge >= 0.3 is 0 Å². The van der Waals surface area contributed by atoms with Gasteiger partial charge in [0.2, 0.25) is 0 Å². The second-order valence-electron chi connectivity index (χ2n) is 7.55. The van der Waals surface area contributed by atoms with Gasteiger partial charge in [0, 0.05) is 17.2 Å². The Morgan fingerprint density at radius 1 is 1.10 bits per heavy atom. The van der Waals surface area contributed by atoms with E-state index in [0.717, 1.165) is 4.31 Å². The summed E-state index contributed by atoms with van der Waals surface area (Å²) in [6.07, 6.45) is 0. The van der Waals surface area contributed by atoms with E-state index >= 15 is 0 Å². The van der Waals surface area contributed by atoms with Crippen molar-refractivity contribution in [3.05, 3.63) is 64.7 Å². The molecule has 0 aliphatic carbocycles. The van der Waals surface area contributed by atoms with Crippen LogP contribution in [0.15, 0.2) is 64.6 Å². The van der Waals surface area contributed by atoms with Crippen LogP contribution in [0, 0.1) is 15.5 Å². The number of nitro groups is 1. The first kappa shape index (κ1) is 23.0. The molecule has 2 aromatic rings. The summed E-state index contributed by atoms with van der Waals surface area (Å²) in [5.41, 5.74) is 2.04. The molecule has 1 amide bonds. The fourth-order valence-electron chi connectivity index (χ4n) is 2.33. The molecule has 2 rings (SSSR count). The van der Waals surface area contributed by atoms with Crippen LogP contribution >= 0.6 is 0 Å². The molecule has 9 nitrogen and oxygen atoms in total. The number of para-hydroxylation sites is 2. The molecule has 30 heavy (non-hydrogen) atoms. The quantitative estimate of drug-likeness (QED) is 0.408. The maximum absolute atomic E-state index is 13.2. The molecule has 0 saturated heterocycles. The summed E-state index contributed by atoms with van der Waals surface area (Å²) in [6, 6.07) is 12.8. The number of rotatable bonds is 7. The van der Waals surface area contributed by atoms with Gasteiger partial charge in [0.05, 0.1) is 9.82 Å². The Bertz CT molecular complexity index is 1060. The second kappa shape index (κ2) is 9.04. The molecule has 1 N–H and O–H groups in total. The number of nitrogens with one attached hydrogen (secondary N) is 1. The lowest BCUT2D eigenvalue weighted by Crippen LogP contribution is -2.40. The first-order valence-electron chi connectivity index (χ1n) is 9.09. The first-order chi connectivity index (χ1) is 13.9. The molecule has 0 saturated carbocycles. The molecule has 10 heteroatoms. The average molecular weight is 433 g/mol. The minimum absolute atomic E-state index is 0.0923. The maximum Gasteiger partial charge on any atom is 0.293 e. The van der Waals surface area contributed by atoms with Crippen molar-refractivity contribution in [3.8, 4) is 0 Å². The van der Waals surface area contributed by atoms with Crippen molar-refractivity contribution in [1.82, 2.24) is 5.43 Å². The topological polar surface area (TPSA) is 122 Å². The van der Waals surface area contributed by atoms with Gasteiger partial charge in [-0.05, 0) is 25.1 Å². The minimum atomic E-state index is -4.25. The van der Waals surface area contributed by atoms with Gasteiger partial charge in [0.15, 0.2) is 0 Å². The Morgan fingerprint density at radius 2 is 1.67 bits per heavy atom. The third-order valence-corrected chi connectivity index (χ3v) is 6.17. The number of carbonyl (C=O) groups excluding carboxylic acids is 1. The Balaban J connectivity index is 2.48. The normalized spacial score (nSPS) is 12.3. The molecule has 0 fully saturated rings. The average Bonchev–Trinajstić information content (AvgIpc) is 2.70. The molecule has 0 spiro atoms. The third kappa shape index (κ3) is 5.41. The molecule has 0 bridgehead atoms. The number of anilines is 1. The van der Waals surface area contributed by atoms with Gasteiger partial charge < -0.3 is 0 Å². The van der Waals surface area contributed by atoms with Crippen molar-refractivity contribution < 1.29 is 18.1 Å². The molecule has 0 aliphatic heterocycles. The summed E-state index contributed by atoms with van der Waals surface area (Å²) < 4.78 is 27.2. The lowest BCUT2D eigenvalue weighted by molar-refractivity contribution is -0.384. The van der Waals surface area contributed by atoms with Gasteiger partial charge in [-0.15, -0.1) is 0 Å². The second-order valence-corrected chi connectivity index (χ2v) is 9.42. The summed E-state index contributed by atoms with van der Waals surface area (Å²) in [4.78, 5) is 23.2. The molecule has 0 aliphatic rings. The number of amides is 1. The zero-order valence-electron chi connectivity index (χ0n) is 17.2. The van der Waals surface area contributed by atoms with Crippen molar-refractivity contribution in [3.63, 3.8) is 0 Å². The standard InChI is InChI=1S/C20H24N4O5S/c1-15(20(2,3)4)21-22-19(25)14-23(17-12-8-9-13-18(17)24(26)27)30(28,29)16-10-6-5-7-11-16/h5-13H,14H2,1-4H3,(H,22,25). The fourth-order valence-corrected chi connectivity index (χ4v) is 3.78. The zero-order valence-corrected chi connectivity index (χ0v) is 18.0. The lowest BCUT2D eigenvalue weighted by atomic mass is 9.91. The molecule has 0 radical (unpaired) electrons. The highest BCUT2D eigenvalue weighted by molar-refractivity contribution is 7.92. The smallest absolute Gasteiger partial charge is 0.271 e. The SMILES string of the molecule is CC(=NNC(=O)CN(c1ccccc1[N+](=O)[O-])S(=O)(=O)c1ccccc1)C(C)(C)C. The molecule has 0 heterocycles. The summed E-state index contributed by atoms with van der Waals surface area (Å²) >= 11 is 0. The van der Waals surface area contributed by atoms with E-state index in [-0.39, 0.29) is 16.0 Å². The molecule has 160 valence electrons. The van der Waals surface area contributed by atoms with Crippen molar-refractivity contribution in [2.75, 3.05) is 10.8 Å². The van der Waals surface area contributed by atoms with Gasteiger partial charge in [0.25, 0.3) is 21.6 Å². The molecule has 0 atom stereocenters. The highest BCUT2D eigenvalue weighted by Crippen LogP contribution is 2.31. The maximum atomic E-state index is 13.2. The van der Waals surface area contributed by atoms with Crippen LogP contribution in [-0.2, 0) is 14.8 Å². The van der Waals surface area contributed by atoms with Crippen LogP contribution in [0.2, 0.25) is 0 Å². The van der Waals surface area contributed by atoms with Crippen molar-refractivity contribution in [2.24, 2.45) is 10.5 Å². The Kier molecular flexibility index (Phi) is 6.93. The Labute approximate surface area is 175 Å². The van der Waals surface area contributed by atoms with Gasteiger partial charge in [-0.1, -0.05) is 51.1 Å². The van der Waals surface area contributed by atoms with Crippen LogP contribution < -0.4 is 9.73 Å². The number of benzene rings is 2. The van der Waals surface area contributed by atoms with E-state index in [0.29, 0.717) is 5.71 Å². The van der Waals surface area contributed by atoms with E-state index in [2.05, 4.69) is 10.5 Å². The summed E-state index contributed by atoms with van der Waals surface area (Å²) in [5, 5.41) is 15.5. The van der Waals surface area contributed by atoms with Crippen LogP contribution in [0.5, 0.6) is 0 Å². The third-order valence-electron chi connectivity index (χ3n) is 4.40. The number of hydrogen-bond acceptors (Lipinski definition) is 6. The number of nitro benzene ring substituents is 1. The van der Waals surface area contributed by atoms with Gasteiger partial charge in [-0.3, -0.25) is 14.9 Å². The van der Waals surface area contributed by atoms with Crippen molar-refractivity contribution >= 4 is 33.0 Å².